The number of aryl methyl sites for hydroxylation is 1. The fraction of sp³-hybridized carbons (Fsp3) is 0.368. The van der Waals surface area contributed by atoms with E-state index in [9.17, 15) is 4.79 Å². The first-order chi connectivity index (χ1) is 13.1. The van der Waals surface area contributed by atoms with Crippen LogP contribution >= 0.6 is 0 Å². The number of urea groups is 1. The molecule has 2 heterocycles. The van der Waals surface area contributed by atoms with E-state index in [1.54, 1.807) is 25.0 Å². The molecule has 3 aromatic rings. The molecule has 0 bridgehead atoms. The van der Waals surface area contributed by atoms with Crippen molar-refractivity contribution in [2.45, 2.75) is 31.7 Å². The number of carbonyl (C=O) groups excluding carboxylic acids is 1. The molecule has 1 N–H and O–H groups in total. The lowest BCUT2D eigenvalue weighted by Crippen LogP contribution is -2.32. The average molecular weight is 366 g/mol. The predicted molar refractivity (Wildman–Crippen MR) is 100 cm³/mol. The van der Waals surface area contributed by atoms with E-state index in [0.717, 1.165) is 24.0 Å². The lowest BCUT2D eigenvalue weighted by Gasteiger charge is -2.20. The van der Waals surface area contributed by atoms with Gasteiger partial charge in [0.15, 0.2) is 5.82 Å². The largest absolute Gasteiger partial charge is 0.339 e. The Morgan fingerprint density at radius 2 is 2.11 bits per heavy atom. The van der Waals surface area contributed by atoms with Gasteiger partial charge in [0.1, 0.15) is 5.82 Å². The standard InChI is InChI=1S/C19H22N6O2/c1-24(12-16-21-18(27-23-16)14-9-6-10-14)19(26)22-17-15(11-20-25(17)2)13-7-4-3-5-8-13/h3-5,7-8,11,14H,6,9-10,12H2,1-2H3,(H,22,26). The van der Waals surface area contributed by atoms with Crippen molar-refractivity contribution in [1.82, 2.24) is 24.8 Å². The summed E-state index contributed by atoms with van der Waals surface area (Å²) in [4.78, 5) is 18.6. The number of carbonyl (C=O) groups is 1. The molecule has 0 unspecified atom stereocenters. The van der Waals surface area contributed by atoms with Crippen molar-refractivity contribution in [2.75, 3.05) is 12.4 Å². The number of aromatic nitrogens is 4. The van der Waals surface area contributed by atoms with E-state index in [1.165, 1.54) is 11.3 Å². The Labute approximate surface area is 157 Å². The first kappa shape index (κ1) is 17.3. The Kier molecular flexibility index (Phi) is 4.62. The number of benzene rings is 1. The molecule has 1 aliphatic rings. The molecule has 0 atom stereocenters. The number of hydrogen-bond acceptors (Lipinski definition) is 5. The van der Waals surface area contributed by atoms with Crippen LogP contribution in [0.4, 0.5) is 10.6 Å². The van der Waals surface area contributed by atoms with Crippen molar-refractivity contribution in [2.24, 2.45) is 7.05 Å². The highest BCUT2D eigenvalue weighted by Crippen LogP contribution is 2.35. The highest BCUT2D eigenvalue weighted by Gasteiger charge is 2.26. The number of amides is 2. The zero-order chi connectivity index (χ0) is 18.8. The third-order valence-corrected chi connectivity index (χ3v) is 4.91. The van der Waals surface area contributed by atoms with Crippen molar-refractivity contribution in [3.63, 3.8) is 0 Å². The molecule has 0 aliphatic heterocycles. The van der Waals surface area contributed by atoms with Gasteiger partial charge in [0.05, 0.1) is 12.7 Å². The number of rotatable bonds is 5. The molecular weight excluding hydrogens is 344 g/mol. The first-order valence-corrected chi connectivity index (χ1v) is 9.04. The van der Waals surface area contributed by atoms with Crippen molar-refractivity contribution >= 4 is 11.8 Å². The van der Waals surface area contributed by atoms with Crippen LogP contribution in [0.15, 0.2) is 41.1 Å². The van der Waals surface area contributed by atoms with Gasteiger partial charge in [-0.1, -0.05) is 41.9 Å². The normalized spacial score (nSPS) is 14.0. The molecule has 4 rings (SSSR count). The molecule has 0 saturated heterocycles. The topological polar surface area (TPSA) is 89.1 Å². The second kappa shape index (κ2) is 7.22. The van der Waals surface area contributed by atoms with Crippen LogP contribution in [-0.4, -0.2) is 37.9 Å². The SMILES string of the molecule is CN(Cc1noc(C2CCC2)n1)C(=O)Nc1c(-c2ccccc2)cnn1C. The molecule has 0 spiro atoms. The molecule has 140 valence electrons. The minimum atomic E-state index is -0.259. The van der Waals surface area contributed by atoms with Crippen molar-refractivity contribution in [3.8, 4) is 11.1 Å². The molecule has 1 aliphatic carbocycles. The third-order valence-electron chi connectivity index (χ3n) is 4.91. The summed E-state index contributed by atoms with van der Waals surface area (Å²) in [5.74, 6) is 2.22. The first-order valence-electron chi connectivity index (χ1n) is 9.04. The summed E-state index contributed by atoms with van der Waals surface area (Å²) >= 11 is 0. The van der Waals surface area contributed by atoms with Crippen LogP contribution in [0.2, 0.25) is 0 Å². The van der Waals surface area contributed by atoms with E-state index >= 15 is 0 Å². The predicted octanol–water partition coefficient (Wildman–Crippen LogP) is 3.40. The molecule has 0 radical (unpaired) electrons. The van der Waals surface area contributed by atoms with Crippen LogP contribution in [-0.2, 0) is 13.6 Å². The lowest BCUT2D eigenvalue weighted by molar-refractivity contribution is 0.218. The zero-order valence-electron chi connectivity index (χ0n) is 15.4. The second-order valence-corrected chi connectivity index (χ2v) is 6.86. The van der Waals surface area contributed by atoms with Gasteiger partial charge in [-0.15, -0.1) is 0 Å². The summed E-state index contributed by atoms with van der Waals surface area (Å²) in [5.41, 5.74) is 1.86. The quantitative estimate of drug-likeness (QED) is 0.747. The molecule has 1 saturated carbocycles. The van der Waals surface area contributed by atoms with E-state index in [2.05, 4.69) is 20.6 Å². The number of nitrogens with one attached hydrogen (secondary N) is 1. The van der Waals surface area contributed by atoms with Gasteiger partial charge < -0.3 is 9.42 Å². The molecule has 8 nitrogen and oxygen atoms in total. The summed E-state index contributed by atoms with van der Waals surface area (Å²) in [7, 11) is 3.50. The fourth-order valence-electron chi connectivity index (χ4n) is 3.05. The summed E-state index contributed by atoms with van der Waals surface area (Å²) < 4.78 is 6.97. The van der Waals surface area contributed by atoms with Crippen LogP contribution in [0.5, 0.6) is 0 Å². The van der Waals surface area contributed by atoms with Gasteiger partial charge in [0.25, 0.3) is 0 Å². The van der Waals surface area contributed by atoms with Crippen LogP contribution < -0.4 is 5.32 Å². The summed E-state index contributed by atoms with van der Waals surface area (Å²) in [6.45, 7) is 0.278. The van der Waals surface area contributed by atoms with Crippen LogP contribution in [0.3, 0.4) is 0 Å². The number of nitrogens with zero attached hydrogens (tertiary/aromatic N) is 5. The molecule has 27 heavy (non-hydrogen) atoms. The minimum absolute atomic E-state index is 0.259. The Bertz CT molecular complexity index is 929. The maximum atomic E-state index is 12.6. The van der Waals surface area contributed by atoms with E-state index < -0.39 is 0 Å². The Balaban J connectivity index is 1.44. The van der Waals surface area contributed by atoms with Crippen molar-refractivity contribution < 1.29 is 9.32 Å². The highest BCUT2D eigenvalue weighted by molar-refractivity contribution is 5.92. The van der Waals surface area contributed by atoms with E-state index in [-0.39, 0.29) is 12.6 Å². The molecule has 1 fully saturated rings. The average Bonchev–Trinajstić information content (AvgIpc) is 3.22. The smallest absolute Gasteiger partial charge is 0.323 e. The van der Waals surface area contributed by atoms with Crippen LogP contribution in [0.1, 0.15) is 36.9 Å². The zero-order valence-corrected chi connectivity index (χ0v) is 15.4. The van der Waals surface area contributed by atoms with Gasteiger partial charge in [0.2, 0.25) is 5.89 Å². The van der Waals surface area contributed by atoms with E-state index in [4.69, 9.17) is 4.52 Å². The molecule has 2 amide bonds. The van der Waals surface area contributed by atoms with Gasteiger partial charge in [-0.3, -0.25) is 10.00 Å². The van der Waals surface area contributed by atoms with Crippen LogP contribution in [0, 0.1) is 0 Å². The van der Waals surface area contributed by atoms with Gasteiger partial charge in [-0.05, 0) is 18.4 Å². The Morgan fingerprint density at radius 3 is 2.81 bits per heavy atom. The summed E-state index contributed by atoms with van der Waals surface area (Å²) in [5, 5.41) is 11.2. The van der Waals surface area contributed by atoms with Crippen molar-refractivity contribution in [3.05, 3.63) is 48.2 Å². The van der Waals surface area contributed by atoms with Crippen LogP contribution in [0.25, 0.3) is 11.1 Å². The third kappa shape index (κ3) is 3.55. The van der Waals surface area contributed by atoms with Gasteiger partial charge in [0, 0.05) is 25.6 Å². The molecule has 1 aromatic carbocycles. The monoisotopic (exact) mass is 366 g/mol. The van der Waals surface area contributed by atoms with E-state index in [1.807, 2.05) is 30.3 Å². The van der Waals surface area contributed by atoms with Gasteiger partial charge in [-0.2, -0.15) is 10.1 Å². The number of hydrogen-bond donors (Lipinski definition) is 1. The second-order valence-electron chi connectivity index (χ2n) is 6.86. The summed E-state index contributed by atoms with van der Waals surface area (Å²) in [6.07, 6.45) is 5.15. The molecule has 8 heteroatoms. The lowest BCUT2D eigenvalue weighted by atomic mass is 9.85. The minimum Gasteiger partial charge on any atom is -0.339 e. The highest BCUT2D eigenvalue weighted by atomic mass is 16.5. The summed E-state index contributed by atoms with van der Waals surface area (Å²) in [6, 6.07) is 9.57. The van der Waals surface area contributed by atoms with Crippen molar-refractivity contribution in [1.29, 1.82) is 0 Å². The van der Waals surface area contributed by atoms with Gasteiger partial charge in [-0.25, -0.2) is 4.79 Å². The van der Waals surface area contributed by atoms with Gasteiger partial charge >= 0.3 is 6.03 Å². The van der Waals surface area contributed by atoms with E-state index in [0.29, 0.717) is 23.5 Å². The Morgan fingerprint density at radius 1 is 1.33 bits per heavy atom. The Hall–Kier alpha value is -3.16. The number of anilines is 1. The molecular formula is C19H22N6O2. The molecule has 2 aromatic heterocycles. The maximum absolute atomic E-state index is 12.6. The fourth-order valence-corrected chi connectivity index (χ4v) is 3.05. The maximum Gasteiger partial charge on any atom is 0.323 e.